The van der Waals surface area contributed by atoms with Crippen molar-refractivity contribution in [2.45, 2.75) is 69.9 Å². The van der Waals surface area contributed by atoms with Crippen molar-refractivity contribution in [2.75, 3.05) is 0 Å². The van der Waals surface area contributed by atoms with Gasteiger partial charge in [0.05, 0.1) is 12.0 Å². The number of rotatable bonds is 0. The first-order valence-corrected chi connectivity index (χ1v) is 9.21. The van der Waals surface area contributed by atoms with E-state index in [-0.39, 0.29) is 35.9 Å². The van der Waals surface area contributed by atoms with Gasteiger partial charge in [-0.25, -0.2) is 4.79 Å². The molecule has 26 heavy (non-hydrogen) atoms. The van der Waals surface area contributed by atoms with Crippen LogP contribution in [0.15, 0.2) is 11.3 Å². The van der Waals surface area contributed by atoms with Gasteiger partial charge in [0.25, 0.3) is 0 Å². The summed E-state index contributed by atoms with van der Waals surface area (Å²) in [5, 5.41) is 21.8. The number of ketones is 2. The van der Waals surface area contributed by atoms with E-state index < -0.39 is 47.0 Å². The van der Waals surface area contributed by atoms with Gasteiger partial charge in [-0.2, -0.15) is 0 Å². The molecule has 1 spiro atoms. The average molecular weight is 364 g/mol. The Morgan fingerprint density at radius 3 is 2.50 bits per heavy atom. The third-order valence-corrected chi connectivity index (χ3v) is 6.92. The van der Waals surface area contributed by atoms with E-state index in [0.717, 1.165) is 0 Å². The summed E-state index contributed by atoms with van der Waals surface area (Å²) in [5.41, 5.74) is -2.56. The SMILES string of the molecule is CC1CCC(=O)C2=C3OC4(C)C(C)CC3(OC2=O)C(C(O)CC1=O)C4O. The summed E-state index contributed by atoms with van der Waals surface area (Å²) in [7, 11) is 0. The molecule has 2 saturated heterocycles. The van der Waals surface area contributed by atoms with Crippen LogP contribution < -0.4 is 0 Å². The van der Waals surface area contributed by atoms with Gasteiger partial charge < -0.3 is 19.7 Å². The van der Waals surface area contributed by atoms with Gasteiger partial charge in [0.2, 0.25) is 0 Å². The molecule has 5 bridgehead atoms. The lowest BCUT2D eigenvalue weighted by atomic mass is 9.57. The van der Waals surface area contributed by atoms with E-state index >= 15 is 0 Å². The molecule has 0 amide bonds. The lowest BCUT2D eigenvalue weighted by Crippen LogP contribution is -2.71. The monoisotopic (exact) mass is 364 g/mol. The molecule has 7 heteroatoms. The van der Waals surface area contributed by atoms with Crippen molar-refractivity contribution in [2.24, 2.45) is 17.8 Å². The van der Waals surface area contributed by atoms with Crippen molar-refractivity contribution in [3.63, 3.8) is 0 Å². The maximum Gasteiger partial charge on any atom is 0.346 e. The number of carbonyl (C=O) groups excluding carboxylic acids is 3. The van der Waals surface area contributed by atoms with Crippen LogP contribution in [0, 0.1) is 17.8 Å². The molecular weight excluding hydrogens is 340 g/mol. The van der Waals surface area contributed by atoms with Crippen LogP contribution in [0.2, 0.25) is 0 Å². The average Bonchev–Trinajstić information content (AvgIpc) is 2.82. The van der Waals surface area contributed by atoms with Gasteiger partial charge in [-0.05, 0) is 13.3 Å². The quantitative estimate of drug-likeness (QED) is 0.480. The predicted octanol–water partition coefficient (Wildman–Crippen LogP) is 0.661. The second kappa shape index (κ2) is 5.39. The smallest absolute Gasteiger partial charge is 0.346 e. The lowest BCUT2D eigenvalue weighted by Gasteiger charge is -2.60. The van der Waals surface area contributed by atoms with Crippen LogP contribution in [0.3, 0.4) is 0 Å². The van der Waals surface area contributed by atoms with Crippen molar-refractivity contribution >= 4 is 17.5 Å². The molecule has 0 radical (unpaired) electrons. The van der Waals surface area contributed by atoms with Gasteiger partial charge in [0, 0.05) is 31.1 Å². The number of aliphatic hydroxyl groups is 2. The van der Waals surface area contributed by atoms with Crippen LogP contribution in [0.5, 0.6) is 0 Å². The molecule has 3 fully saturated rings. The molecule has 142 valence electrons. The molecule has 3 heterocycles. The molecule has 2 aliphatic carbocycles. The van der Waals surface area contributed by atoms with E-state index in [1.807, 2.05) is 6.92 Å². The second-order valence-corrected chi connectivity index (χ2v) is 8.45. The molecule has 7 atom stereocenters. The minimum atomic E-state index is -1.38. The number of hydrogen-bond donors (Lipinski definition) is 2. The molecule has 1 saturated carbocycles. The van der Waals surface area contributed by atoms with Crippen molar-refractivity contribution in [3.8, 4) is 0 Å². The first kappa shape index (κ1) is 17.7. The van der Waals surface area contributed by atoms with E-state index in [1.54, 1.807) is 13.8 Å². The molecule has 7 nitrogen and oxygen atoms in total. The van der Waals surface area contributed by atoms with E-state index in [4.69, 9.17) is 9.47 Å². The third-order valence-electron chi connectivity index (χ3n) is 6.92. The molecule has 0 aromatic rings. The second-order valence-electron chi connectivity index (χ2n) is 8.45. The summed E-state index contributed by atoms with van der Waals surface area (Å²) in [4.78, 5) is 37.7. The highest BCUT2D eigenvalue weighted by Crippen LogP contribution is 2.61. The highest BCUT2D eigenvalue weighted by atomic mass is 16.6. The normalized spacial score (nSPS) is 48.2. The summed E-state index contributed by atoms with van der Waals surface area (Å²) in [6.07, 6.45) is -1.80. The molecule has 5 rings (SSSR count). The number of hydrogen-bond acceptors (Lipinski definition) is 7. The molecular formula is C19H24O7. The number of Topliss-reactive ketones (excluding diaryl/α,β-unsaturated/α-hetero) is 2. The predicted molar refractivity (Wildman–Crippen MR) is 87.7 cm³/mol. The van der Waals surface area contributed by atoms with E-state index in [9.17, 15) is 24.6 Å². The summed E-state index contributed by atoms with van der Waals surface area (Å²) in [5.74, 6) is -2.66. The molecule has 2 N–H and O–H groups in total. The Morgan fingerprint density at radius 1 is 1.12 bits per heavy atom. The van der Waals surface area contributed by atoms with Crippen molar-refractivity contribution in [1.82, 2.24) is 0 Å². The third kappa shape index (κ3) is 2.04. The topological polar surface area (TPSA) is 110 Å². The minimum absolute atomic E-state index is 0.0376. The summed E-state index contributed by atoms with van der Waals surface area (Å²) < 4.78 is 11.7. The molecule has 5 aliphatic rings. The summed E-state index contributed by atoms with van der Waals surface area (Å²) >= 11 is 0. The summed E-state index contributed by atoms with van der Waals surface area (Å²) in [6.45, 7) is 5.30. The van der Waals surface area contributed by atoms with E-state index in [1.165, 1.54) is 0 Å². The fraction of sp³-hybridized carbons (Fsp3) is 0.737. The van der Waals surface area contributed by atoms with Crippen LogP contribution in [-0.4, -0.2) is 51.2 Å². The molecule has 3 aliphatic heterocycles. The van der Waals surface area contributed by atoms with E-state index in [2.05, 4.69) is 0 Å². The van der Waals surface area contributed by atoms with E-state index in [0.29, 0.717) is 12.8 Å². The highest BCUT2D eigenvalue weighted by Gasteiger charge is 2.72. The maximum absolute atomic E-state index is 12.7. The Hall–Kier alpha value is -1.73. The first-order chi connectivity index (χ1) is 12.1. The Kier molecular flexibility index (Phi) is 3.66. The van der Waals surface area contributed by atoms with Crippen LogP contribution >= 0.6 is 0 Å². The van der Waals surface area contributed by atoms with Crippen molar-refractivity contribution in [1.29, 1.82) is 0 Å². The lowest BCUT2D eigenvalue weighted by molar-refractivity contribution is -0.286. The molecule has 0 aromatic carbocycles. The first-order valence-electron chi connectivity index (χ1n) is 9.21. The number of aliphatic hydroxyl groups excluding tert-OH is 2. The van der Waals surface area contributed by atoms with Crippen LogP contribution in [0.4, 0.5) is 0 Å². The van der Waals surface area contributed by atoms with Crippen LogP contribution in [0.1, 0.15) is 46.5 Å². The molecule has 7 unspecified atom stereocenters. The number of esters is 1. The Labute approximate surface area is 151 Å². The minimum Gasteiger partial charge on any atom is -0.484 e. The Balaban J connectivity index is 1.92. The number of fused-ring (bicyclic) bond motifs is 1. The van der Waals surface area contributed by atoms with Gasteiger partial charge in [-0.1, -0.05) is 13.8 Å². The highest BCUT2D eigenvalue weighted by molar-refractivity contribution is 6.19. The summed E-state index contributed by atoms with van der Waals surface area (Å²) in [6, 6.07) is 0. The fourth-order valence-corrected chi connectivity index (χ4v) is 5.07. The van der Waals surface area contributed by atoms with Gasteiger partial charge in [-0.3, -0.25) is 9.59 Å². The van der Waals surface area contributed by atoms with Crippen LogP contribution in [0.25, 0.3) is 0 Å². The van der Waals surface area contributed by atoms with Gasteiger partial charge in [-0.15, -0.1) is 0 Å². The molecule has 0 aromatic heterocycles. The largest absolute Gasteiger partial charge is 0.484 e. The van der Waals surface area contributed by atoms with Crippen LogP contribution in [-0.2, 0) is 23.9 Å². The zero-order valence-corrected chi connectivity index (χ0v) is 15.2. The standard InChI is InChI=1S/C19H24O7/c1-8-4-5-10(20)13-16-19(26-17(13)24)7-9(2)18(3,25-16)15(23)14(19)12(22)6-11(8)21/h8-9,12,14-15,22-23H,4-7H2,1-3H3. The number of ether oxygens (including phenoxy) is 2. The number of carbonyl (C=O) groups is 3. The van der Waals surface area contributed by atoms with Gasteiger partial charge in [0.15, 0.2) is 17.1 Å². The van der Waals surface area contributed by atoms with Crippen molar-refractivity contribution < 1.29 is 34.1 Å². The zero-order valence-electron chi connectivity index (χ0n) is 15.2. The van der Waals surface area contributed by atoms with Gasteiger partial charge in [0.1, 0.15) is 23.1 Å². The Morgan fingerprint density at radius 2 is 1.81 bits per heavy atom. The Bertz CT molecular complexity index is 740. The maximum atomic E-state index is 12.7. The zero-order chi connectivity index (χ0) is 19.0. The van der Waals surface area contributed by atoms with Gasteiger partial charge >= 0.3 is 5.97 Å². The fourth-order valence-electron chi connectivity index (χ4n) is 5.07. The van der Waals surface area contributed by atoms with Crippen molar-refractivity contribution in [3.05, 3.63) is 11.3 Å².